The molecule has 14 heavy (non-hydrogen) atoms. The van der Waals surface area contributed by atoms with Gasteiger partial charge < -0.3 is 9.47 Å². The van der Waals surface area contributed by atoms with Gasteiger partial charge in [0.25, 0.3) is 0 Å². The lowest BCUT2D eigenvalue weighted by molar-refractivity contribution is -0.107. The van der Waals surface area contributed by atoms with Crippen LogP contribution in [-0.4, -0.2) is 19.5 Å². The summed E-state index contributed by atoms with van der Waals surface area (Å²) in [6, 6.07) is 0. The van der Waals surface area contributed by atoms with Gasteiger partial charge >= 0.3 is 0 Å². The van der Waals surface area contributed by atoms with Crippen LogP contribution in [0.1, 0.15) is 38.5 Å². The zero-order chi connectivity index (χ0) is 9.38. The van der Waals surface area contributed by atoms with Crippen molar-refractivity contribution in [2.75, 3.05) is 13.2 Å². The molecule has 2 bridgehead atoms. The number of hydrogen-bond donors (Lipinski definition) is 0. The Bertz CT molecular complexity index is 186. The van der Waals surface area contributed by atoms with Crippen LogP contribution in [0.15, 0.2) is 0 Å². The Morgan fingerprint density at radius 3 is 2.07 bits per heavy atom. The molecule has 0 spiro atoms. The van der Waals surface area contributed by atoms with E-state index in [9.17, 15) is 0 Å². The van der Waals surface area contributed by atoms with E-state index >= 15 is 0 Å². The quantitative estimate of drug-likeness (QED) is 0.641. The van der Waals surface area contributed by atoms with Crippen LogP contribution in [0.2, 0.25) is 0 Å². The average Bonchev–Trinajstić information content (AvgIpc) is 2.69. The van der Waals surface area contributed by atoms with Crippen molar-refractivity contribution in [3.8, 4) is 0 Å². The van der Waals surface area contributed by atoms with Gasteiger partial charge in [0.15, 0.2) is 6.29 Å². The fraction of sp³-hybridized carbons (Fsp3) is 1.00. The van der Waals surface area contributed by atoms with Crippen molar-refractivity contribution in [2.45, 2.75) is 44.8 Å². The Kier molecular flexibility index (Phi) is 2.50. The number of ether oxygens (including phenoxy) is 2. The largest absolute Gasteiger partial charge is 0.350 e. The Hall–Kier alpha value is -0.0800. The standard InChI is InChI=1S/C12H20O2/c1-2-9-6-10(3-1)8-11(7-9)12-13-4-5-14-12/h9-12H,1-8H2. The summed E-state index contributed by atoms with van der Waals surface area (Å²) < 4.78 is 11.3. The van der Waals surface area contributed by atoms with Gasteiger partial charge in [-0.15, -0.1) is 0 Å². The van der Waals surface area contributed by atoms with Gasteiger partial charge in [-0.1, -0.05) is 19.3 Å². The monoisotopic (exact) mass is 196 g/mol. The molecule has 0 aromatic carbocycles. The van der Waals surface area contributed by atoms with Crippen LogP contribution >= 0.6 is 0 Å². The van der Waals surface area contributed by atoms with Crippen LogP contribution in [0.25, 0.3) is 0 Å². The van der Waals surface area contributed by atoms with Crippen molar-refractivity contribution < 1.29 is 9.47 Å². The van der Waals surface area contributed by atoms with Crippen LogP contribution in [0.3, 0.4) is 0 Å². The van der Waals surface area contributed by atoms with Gasteiger partial charge in [-0.25, -0.2) is 0 Å². The van der Waals surface area contributed by atoms with E-state index < -0.39 is 0 Å². The van der Waals surface area contributed by atoms with Gasteiger partial charge in [0, 0.05) is 5.92 Å². The summed E-state index contributed by atoms with van der Waals surface area (Å²) >= 11 is 0. The highest BCUT2D eigenvalue weighted by Crippen LogP contribution is 2.44. The van der Waals surface area contributed by atoms with Gasteiger partial charge in [0.1, 0.15) is 0 Å². The first-order valence-corrected chi connectivity index (χ1v) is 6.15. The fourth-order valence-electron chi connectivity index (χ4n) is 3.65. The highest BCUT2D eigenvalue weighted by atomic mass is 16.7. The van der Waals surface area contributed by atoms with Crippen molar-refractivity contribution in [3.63, 3.8) is 0 Å². The van der Waals surface area contributed by atoms with Crippen molar-refractivity contribution in [1.29, 1.82) is 0 Å². The molecule has 0 aromatic rings. The molecule has 3 fully saturated rings. The van der Waals surface area contributed by atoms with Gasteiger partial charge in [-0.3, -0.25) is 0 Å². The van der Waals surface area contributed by atoms with Gasteiger partial charge in [0.2, 0.25) is 0 Å². The SMILES string of the molecule is C1CC2CC(C1)CC(C1OCCO1)C2. The van der Waals surface area contributed by atoms with E-state index in [1.807, 2.05) is 0 Å². The van der Waals surface area contributed by atoms with Crippen molar-refractivity contribution >= 4 is 0 Å². The van der Waals surface area contributed by atoms with Gasteiger partial charge in [-0.2, -0.15) is 0 Å². The van der Waals surface area contributed by atoms with Crippen molar-refractivity contribution in [1.82, 2.24) is 0 Å². The first-order valence-electron chi connectivity index (χ1n) is 6.15. The van der Waals surface area contributed by atoms with Crippen LogP contribution in [-0.2, 0) is 9.47 Å². The molecule has 2 saturated carbocycles. The van der Waals surface area contributed by atoms with Crippen molar-refractivity contribution in [3.05, 3.63) is 0 Å². The van der Waals surface area contributed by atoms with E-state index in [0.29, 0.717) is 5.92 Å². The number of rotatable bonds is 1. The molecule has 0 radical (unpaired) electrons. The molecule has 0 aromatic heterocycles. The Morgan fingerprint density at radius 2 is 1.43 bits per heavy atom. The maximum absolute atomic E-state index is 5.64. The first-order chi connectivity index (χ1) is 6.92. The summed E-state index contributed by atoms with van der Waals surface area (Å²) in [7, 11) is 0. The zero-order valence-corrected chi connectivity index (χ0v) is 8.78. The maximum atomic E-state index is 5.64. The van der Waals surface area contributed by atoms with Gasteiger partial charge in [0.05, 0.1) is 13.2 Å². The minimum atomic E-state index is 0.151. The smallest absolute Gasteiger partial charge is 0.160 e. The maximum Gasteiger partial charge on any atom is 0.160 e. The fourth-order valence-corrected chi connectivity index (χ4v) is 3.65. The third-order valence-corrected chi connectivity index (χ3v) is 4.20. The molecule has 2 nitrogen and oxygen atoms in total. The molecular formula is C12H20O2. The molecule has 2 atom stereocenters. The summed E-state index contributed by atoms with van der Waals surface area (Å²) in [5, 5.41) is 0. The molecule has 1 aliphatic heterocycles. The molecule has 2 unspecified atom stereocenters. The molecule has 0 N–H and O–H groups in total. The second kappa shape index (κ2) is 3.82. The molecule has 80 valence electrons. The van der Waals surface area contributed by atoms with Crippen molar-refractivity contribution in [2.24, 2.45) is 17.8 Å². The molecule has 2 aliphatic carbocycles. The molecule has 1 heterocycles. The third-order valence-electron chi connectivity index (χ3n) is 4.20. The normalized spacial score (nSPS) is 44.1. The molecule has 0 amide bonds. The lowest BCUT2D eigenvalue weighted by Crippen LogP contribution is -2.33. The molecule has 3 aliphatic rings. The summed E-state index contributed by atoms with van der Waals surface area (Å²) in [4.78, 5) is 0. The number of fused-ring (bicyclic) bond motifs is 2. The number of hydrogen-bond acceptors (Lipinski definition) is 2. The Labute approximate surface area is 86.0 Å². The predicted molar refractivity (Wildman–Crippen MR) is 53.9 cm³/mol. The zero-order valence-electron chi connectivity index (χ0n) is 8.78. The molecular weight excluding hydrogens is 176 g/mol. The second-order valence-corrected chi connectivity index (χ2v) is 5.24. The topological polar surface area (TPSA) is 18.5 Å². The minimum absolute atomic E-state index is 0.151. The predicted octanol–water partition coefficient (Wildman–Crippen LogP) is 2.58. The molecule has 1 saturated heterocycles. The van der Waals surface area contributed by atoms with E-state index in [0.717, 1.165) is 25.0 Å². The first kappa shape index (κ1) is 9.17. The van der Waals surface area contributed by atoms with E-state index in [-0.39, 0.29) is 6.29 Å². The Balaban J connectivity index is 1.64. The summed E-state index contributed by atoms with van der Waals surface area (Å²) in [6.45, 7) is 1.63. The summed E-state index contributed by atoms with van der Waals surface area (Å²) in [5.41, 5.74) is 0. The summed E-state index contributed by atoms with van der Waals surface area (Å²) in [5.74, 6) is 2.68. The van der Waals surface area contributed by atoms with E-state index in [2.05, 4.69) is 0 Å². The third kappa shape index (κ3) is 1.70. The second-order valence-electron chi connectivity index (χ2n) is 5.24. The highest BCUT2D eigenvalue weighted by Gasteiger charge is 2.37. The van der Waals surface area contributed by atoms with Crippen LogP contribution in [0, 0.1) is 17.8 Å². The van der Waals surface area contributed by atoms with Gasteiger partial charge in [-0.05, 0) is 31.1 Å². The van der Waals surface area contributed by atoms with E-state index in [1.54, 1.807) is 0 Å². The van der Waals surface area contributed by atoms with Crippen LogP contribution in [0.5, 0.6) is 0 Å². The minimum Gasteiger partial charge on any atom is -0.350 e. The van der Waals surface area contributed by atoms with E-state index in [4.69, 9.17) is 9.47 Å². The van der Waals surface area contributed by atoms with Crippen LogP contribution in [0.4, 0.5) is 0 Å². The average molecular weight is 196 g/mol. The summed E-state index contributed by atoms with van der Waals surface area (Å²) in [6.07, 6.45) is 8.75. The highest BCUT2D eigenvalue weighted by molar-refractivity contribution is 4.85. The Morgan fingerprint density at radius 1 is 0.786 bits per heavy atom. The van der Waals surface area contributed by atoms with E-state index in [1.165, 1.54) is 38.5 Å². The lowest BCUT2D eigenvalue weighted by atomic mass is 9.68. The lowest BCUT2D eigenvalue weighted by Gasteiger charge is -2.40. The molecule has 2 heteroatoms. The molecule has 3 rings (SSSR count). The van der Waals surface area contributed by atoms with Crippen LogP contribution < -0.4 is 0 Å².